The molecule has 2 heterocycles. The largest absolute Gasteiger partial charge is 0.504 e. The van der Waals surface area contributed by atoms with Gasteiger partial charge in [0.25, 0.3) is 0 Å². The highest BCUT2D eigenvalue weighted by Crippen LogP contribution is 2.37. The van der Waals surface area contributed by atoms with Crippen molar-refractivity contribution in [1.29, 1.82) is 0 Å². The number of nitrogens with one attached hydrogen (secondary N) is 1. The van der Waals surface area contributed by atoms with Gasteiger partial charge in [0, 0.05) is 38.0 Å². The summed E-state index contributed by atoms with van der Waals surface area (Å²) >= 11 is 0. The number of amides is 1. The summed E-state index contributed by atoms with van der Waals surface area (Å²) in [6, 6.07) is 5.75. The van der Waals surface area contributed by atoms with Gasteiger partial charge in [0.15, 0.2) is 17.3 Å². The number of phenols is 1. The van der Waals surface area contributed by atoms with Crippen LogP contribution in [0.15, 0.2) is 52.2 Å². The molecule has 31 heavy (non-hydrogen) atoms. The minimum absolute atomic E-state index is 0.00805. The highest BCUT2D eigenvalue weighted by molar-refractivity contribution is 5.77. The number of phenolic OH excluding ortho intramolecular Hbond substituents is 1. The van der Waals surface area contributed by atoms with Crippen LogP contribution >= 0.6 is 0 Å². The van der Waals surface area contributed by atoms with E-state index in [9.17, 15) is 19.8 Å². The molecule has 9 heteroatoms. The lowest BCUT2D eigenvalue weighted by molar-refractivity contribution is -0.121. The molecule has 0 aliphatic heterocycles. The maximum Gasteiger partial charge on any atom is 0.227 e. The first-order valence-corrected chi connectivity index (χ1v) is 9.82. The third kappa shape index (κ3) is 5.44. The summed E-state index contributed by atoms with van der Waals surface area (Å²) in [7, 11) is 1.41. The predicted molar refractivity (Wildman–Crippen MR) is 112 cm³/mol. The lowest BCUT2D eigenvalue weighted by Crippen LogP contribution is -2.27. The van der Waals surface area contributed by atoms with Crippen LogP contribution in [-0.2, 0) is 11.3 Å². The number of rotatable bonds is 9. The van der Waals surface area contributed by atoms with Gasteiger partial charge < -0.3 is 29.3 Å². The normalized spacial score (nSPS) is 11.8. The van der Waals surface area contributed by atoms with E-state index in [0.717, 1.165) is 0 Å². The molecule has 0 saturated heterocycles. The topological polar surface area (TPSA) is 127 Å². The van der Waals surface area contributed by atoms with Crippen molar-refractivity contribution >= 4 is 5.91 Å². The number of aromatic nitrogens is 2. The molecule has 0 unspecified atom stereocenters. The number of imidazole rings is 1. The summed E-state index contributed by atoms with van der Waals surface area (Å²) in [5.74, 6) is -1.13. The van der Waals surface area contributed by atoms with Crippen molar-refractivity contribution in [2.45, 2.75) is 32.2 Å². The monoisotopic (exact) mass is 427 g/mol. The minimum atomic E-state index is -0.754. The number of methoxy groups -OCH3 is 1. The first-order chi connectivity index (χ1) is 14.9. The third-order valence-electron chi connectivity index (χ3n) is 4.86. The molecule has 1 aromatic carbocycles. The molecule has 2 aromatic heterocycles. The number of hydrogen-bond acceptors (Lipinski definition) is 7. The predicted octanol–water partition coefficient (Wildman–Crippen LogP) is 2.29. The number of aryl methyl sites for hydroxylation is 2. The smallest absolute Gasteiger partial charge is 0.227 e. The quantitative estimate of drug-likeness (QED) is 0.447. The van der Waals surface area contributed by atoms with E-state index < -0.39 is 17.1 Å². The lowest BCUT2D eigenvalue weighted by atomic mass is 9.91. The first-order valence-electron chi connectivity index (χ1n) is 9.82. The Hall–Kier alpha value is -3.75. The fourth-order valence-corrected chi connectivity index (χ4v) is 3.30. The van der Waals surface area contributed by atoms with Gasteiger partial charge >= 0.3 is 0 Å². The van der Waals surface area contributed by atoms with Gasteiger partial charge in [-0.2, -0.15) is 0 Å². The molecule has 0 bridgehead atoms. The van der Waals surface area contributed by atoms with Crippen LogP contribution in [0, 0.1) is 6.92 Å². The van der Waals surface area contributed by atoms with Crippen molar-refractivity contribution in [1.82, 2.24) is 14.9 Å². The summed E-state index contributed by atoms with van der Waals surface area (Å²) in [5.41, 5.74) is -0.0394. The maximum absolute atomic E-state index is 12.7. The number of benzene rings is 1. The molecule has 3 rings (SSSR count). The summed E-state index contributed by atoms with van der Waals surface area (Å²) in [5, 5.41) is 23.1. The lowest BCUT2D eigenvalue weighted by Gasteiger charge is -2.19. The van der Waals surface area contributed by atoms with E-state index in [1.54, 1.807) is 31.6 Å². The van der Waals surface area contributed by atoms with Gasteiger partial charge in [0.2, 0.25) is 17.1 Å². The molecule has 0 aliphatic rings. The number of nitrogens with zero attached hydrogens (tertiary/aromatic N) is 2. The van der Waals surface area contributed by atoms with Crippen molar-refractivity contribution in [2.75, 3.05) is 13.7 Å². The Morgan fingerprint density at radius 3 is 2.84 bits per heavy atom. The van der Waals surface area contributed by atoms with Gasteiger partial charge in [0.05, 0.1) is 19.4 Å². The van der Waals surface area contributed by atoms with Gasteiger partial charge in [-0.15, -0.1) is 0 Å². The van der Waals surface area contributed by atoms with E-state index in [1.807, 2.05) is 10.8 Å². The number of ether oxygens (including phenoxy) is 1. The Bertz CT molecular complexity index is 1090. The van der Waals surface area contributed by atoms with Crippen LogP contribution in [0.1, 0.15) is 35.8 Å². The molecule has 3 N–H and O–H groups in total. The molecule has 0 aliphatic carbocycles. The van der Waals surface area contributed by atoms with Gasteiger partial charge in [0.1, 0.15) is 5.76 Å². The standard InChI is InChI=1S/C22H25N3O6/c1-14-10-18(27)21(29)22(31-14)16(15-4-5-17(26)19(11-15)30-2)12-20(28)24-6-3-8-25-9-7-23-13-25/h4-5,7,9-11,13,16,26,29H,3,6,8,12H2,1-2H3,(H,24,28)/t16-/m0/s1. The van der Waals surface area contributed by atoms with Crippen LogP contribution in [0.3, 0.4) is 0 Å². The molecule has 0 saturated carbocycles. The molecule has 1 atom stereocenters. The molecule has 1 amide bonds. The minimum Gasteiger partial charge on any atom is -0.504 e. The van der Waals surface area contributed by atoms with Crippen LogP contribution in [-0.4, -0.2) is 39.3 Å². The van der Waals surface area contributed by atoms with Crippen LogP contribution in [0.25, 0.3) is 0 Å². The summed E-state index contributed by atoms with van der Waals surface area (Å²) in [6.45, 7) is 2.76. The molecule has 0 fully saturated rings. The van der Waals surface area contributed by atoms with Crippen LogP contribution < -0.4 is 15.5 Å². The molecule has 9 nitrogen and oxygen atoms in total. The van der Waals surface area contributed by atoms with Crippen molar-refractivity contribution in [2.24, 2.45) is 0 Å². The van der Waals surface area contributed by atoms with E-state index in [1.165, 1.54) is 19.2 Å². The summed E-state index contributed by atoms with van der Waals surface area (Å²) in [6.07, 6.45) is 5.89. The number of aromatic hydroxyl groups is 2. The number of carbonyl (C=O) groups excluding carboxylic acids is 1. The van der Waals surface area contributed by atoms with Crippen LogP contribution in [0.4, 0.5) is 0 Å². The second-order valence-corrected chi connectivity index (χ2v) is 7.13. The van der Waals surface area contributed by atoms with Crippen molar-refractivity contribution in [3.63, 3.8) is 0 Å². The van der Waals surface area contributed by atoms with Crippen LogP contribution in [0.5, 0.6) is 17.2 Å². The second-order valence-electron chi connectivity index (χ2n) is 7.13. The Balaban J connectivity index is 1.81. The molecule has 0 spiro atoms. The zero-order valence-corrected chi connectivity index (χ0v) is 17.4. The average molecular weight is 427 g/mol. The van der Waals surface area contributed by atoms with E-state index in [4.69, 9.17) is 9.15 Å². The van der Waals surface area contributed by atoms with Crippen LogP contribution in [0.2, 0.25) is 0 Å². The Kier molecular flexibility index (Phi) is 6.96. The fraction of sp³-hybridized carbons (Fsp3) is 0.318. The zero-order chi connectivity index (χ0) is 22.4. The van der Waals surface area contributed by atoms with E-state index in [-0.39, 0.29) is 29.6 Å². The van der Waals surface area contributed by atoms with Crippen molar-refractivity contribution < 1.29 is 24.2 Å². The fourth-order valence-electron chi connectivity index (χ4n) is 3.30. The Morgan fingerprint density at radius 1 is 1.32 bits per heavy atom. The number of carbonyl (C=O) groups is 1. The maximum atomic E-state index is 12.7. The molecule has 3 aromatic rings. The SMILES string of the molecule is COc1cc([C@H](CC(=O)NCCCn2ccnc2)c2oc(C)cc(=O)c2O)ccc1O. The zero-order valence-electron chi connectivity index (χ0n) is 17.4. The molecule has 0 radical (unpaired) electrons. The Morgan fingerprint density at radius 2 is 2.13 bits per heavy atom. The summed E-state index contributed by atoms with van der Waals surface area (Å²) in [4.78, 5) is 28.7. The average Bonchev–Trinajstić information content (AvgIpc) is 3.26. The molecular weight excluding hydrogens is 402 g/mol. The first kappa shape index (κ1) is 21.9. The second kappa shape index (κ2) is 9.84. The molecule has 164 valence electrons. The van der Waals surface area contributed by atoms with Gasteiger partial charge in [-0.25, -0.2) is 4.98 Å². The van der Waals surface area contributed by atoms with E-state index in [0.29, 0.717) is 30.8 Å². The molecular formula is C22H25N3O6. The van der Waals surface area contributed by atoms with E-state index >= 15 is 0 Å². The summed E-state index contributed by atoms with van der Waals surface area (Å²) < 4.78 is 12.7. The number of hydrogen-bond donors (Lipinski definition) is 3. The van der Waals surface area contributed by atoms with Crippen molar-refractivity contribution in [3.05, 3.63) is 70.3 Å². The van der Waals surface area contributed by atoms with Gasteiger partial charge in [-0.3, -0.25) is 9.59 Å². The van der Waals surface area contributed by atoms with Crippen molar-refractivity contribution in [3.8, 4) is 17.2 Å². The highest BCUT2D eigenvalue weighted by Gasteiger charge is 2.26. The highest BCUT2D eigenvalue weighted by atomic mass is 16.5. The third-order valence-corrected chi connectivity index (χ3v) is 4.86. The van der Waals surface area contributed by atoms with Gasteiger partial charge in [-0.05, 0) is 31.0 Å². The Labute approximate surface area is 178 Å². The van der Waals surface area contributed by atoms with Gasteiger partial charge in [-0.1, -0.05) is 6.07 Å². The van der Waals surface area contributed by atoms with E-state index in [2.05, 4.69) is 10.3 Å².